The molecule has 1 aliphatic carbocycles. The molecule has 0 saturated carbocycles. The Hall–Kier alpha value is -6.12. The number of carbonyl (C=O) groups excluding carboxylic acids is 5. The molecular formula is C43H55N5O10. The van der Waals surface area contributed by atoms with Crippen LogP contribution in [-0.4, -0.2) is 90.5 Å². The van der Waals surface area contributed by atoms with Crippen LogP contribution in [0, 0.1) is 0 Å². The number of benzene rings is 3. The molecule has 4 rings (SSSR count). The molecule has 6 N–H and O–H groups in total. The number of unbranched alkanes of at least 4 members (excludes halogenated alkanes) is 1. The molecule has 3 aromatic rings. The van der Waals surface area contributed by atoms with E-state index in [1.807, 2.05) is 69.3 Å². The van der Waals surface area contributed by atoms with Crippen LogP contribution >= 0.6 is 0 Å². The van der Waals surface area contributed by atoms with Crippen molar-refractivity contribution in [3.8, 4) is 16.9 Å². The Labute approximate surface area is 339 Å². The highest BCUT2D eigenvalue weighted by Gasteiger charge is 2.30. The second-order valence-corrected chi connectivity index (χ2v) is 16.0. The van der Waals surface area contributed by atoms with Crippen LogP contribution in [0.25, 0.3) is 11.1 Å². The van der Waals surface area contributed by atoms with E-state index in [0.717, 1.165) is 22.3 Å². The van der Waals surface area contributed by atoms with Gasteiger partial charge in [-0.2, -0.15) is 0 Å². The molecule has 1 aliphatic rings. The average molecular weight is 802 g/mol. The normalized spacial score (nSPS) is 13.1. The average Bonchev–Trinajstić information content (AvgIpc) is 3.47. The van der Waals surface area contributed by atoms with Gasteiger partial charge in [-0.1, -0.05) is 60.7 Å². The van der Waals surface area contributed by atoms with Gasteiger partial charge in [-0.05, 0) is 101 Å². The largest absolute Gasteiger partial charge is 0.488 e. The maximum atomic E-state index is 13.6. The van der Waals surface area contributed by atoms with E-state index in [-0.39, 0.29) is 31.9 Å². The van der Waals surface area contributed by atoms with E-state index >= 15 is 0 Å². The molecule has 3 aromatic carbocycles. The van der Waals surface area contributed by atoms with Gasteiger partial charge in [0.15, 0.2) is 0 Å². The van der Waals surface area contributed by atoms with Crippen molar-refractivity contribution in [1.82, 2.24) is 26.6 Å². The predicted octanol–water partition coefficient (Wildman–Crippen LogP) is 4.81. The summed E-state index contributed by atoms with van der Waals surface area (Å²) in [5.41, 5.74) is 3.80. The highest BCUT2D eigenvalue weighted by molar-refractivity contribution is 5.93. The van der Waals surface area contributed by atoms with Gasteiger partial charge in [0.2, 0.25) is 17.7 Å². The van der Waals surface area contributed by atoms with Crippen LogP contribution in [0.1, 0.15) is 83.4 Å². The molecule has 2 atom stereocenters. The number of ether oxygens (including phenoxy) is 3. The van der Waals surface area contributed by atoms with Crippen LogP contribution in [0.2, 0.25) is 0 Å². The van der Waals surface area contributed by atoms with Gasteiger partial charge in [-0.25, -0.2) is 9.59 Å². The van der Waals surface area contributed by atoms with E-state index in [1.165, 1.54) is 0 Å². The number of alkyl carbamates (subject to hydrolysis) is 2. The van der Waals surface area contributed by atoms with Crippen molar-refractivity contribution in [2.75, 3.05) is 26.2 Å². The van der Waals surface area contributed by atoms with Crippen molar-refractivity contribution >= 4 is 35.9 Å². The van der Waals surface area contributed by atoms with Gasteiger partial charge in [-0.3, -0.25) is 19.2 Å². The van der Waals surface area contributed by atoms with Crippen LogP contribution < -0.4 is 31.3 Å². The summed E-state index contributed by atoms with van der Waals surface area (Å²) in [7, 11) is 0. The molecule has 0 heterocycles. The molecule has 0 spiro atoms. The summed E-state index contributed by atoms with van der Waals surface area (Å²) in [5, 5.41) is 21.7. The molecule has 0 aromatic heterocycles. The van der Waals surface area contributed by atoms with Crippen molar-refractivity contribution in [2.45, 2.75) is 96.4 Å². The molecule has 2 unspecified atom stereocenters. The number of aliphatic carboxylic acids is 1. The second-order valence-electron chi connectivity index (χ2n) is 16.0. The van der Waals surface area contributed by atoms with Crippen LogP contribution in [0.5, 0.6) is 5.75 Å². The van der Waals surface area contributed by atoms with Gasteiger partial charge < -0.3 is 45.9 Å². The number of carbonyl (C=O) groups is 6. The molecule has 312 valence electrons. The number of hydrogen-bond donors (Lipinski definition) is 6. The summed E-state index contributed by atoms with van der Waals surface area (Å²) < 4.78 is 16.8. The molecule has 15 nitrogen and oxygen atoms in total. The van der Waals surface area contributed by atoms with Crippen LogP contribution in [0.15, 0.2) is 72.8 Å². The minimum atomic E-state index is -1.27. The maximum absolute atomic E-state index is 13.6. The predicted molar refractivity (Wildman–Crippen MR) is 216 cm³/mol. The Morgan fingerprint density at radius 3 is 1.84 bits per heavy atom. The van der Waals surface area contributed by atoms with E-state index in [9.17, 15) is 28.8 Å². The van der Waals surface area contributed by atoms with E-state index in [2.05, 4.69) is 26.6 Å². The lowest BCUT2D eigenvalue weighted by Gasteiger charge is -2.22. The first-order valence-electron chi connectivity index (χ1n) is 19.3. The first-order chi connectivity index (χ1) is 27.4. The van der Waals surface area contributed by atoms with Crippen molar-refractivity contribution in [3.63, 3.8) is 0 Å². The Morgan fingerprint density at radius 1 is 0.672 bits per heavy atom. The van der Waals surface area contributed by atoms with Crippen LogP contribution in [0.3, 0.4) is 0 Å². The van der Waals surface area contributed by atoms with Crippen molar-refractivity contribution < 1.29 is 48.1 Å². The maximum Gasteiger partial charge on any atom is 0.407 e. The lowest BCUT2D eigenvalue weighted by molar-refractivity contribution is -0.138. The lowest BCUT2D eigenvalue weighted by atomic mass is 9.98. The highest BCUT2D eigenvalue weighted by Crippen LogP contribution is 2.44. The third-order valence-electron chi connectivity index (χ3n) is 8.82. The topological polar surface area (TPSA) is 210 Å². The van der Waals surface area contributed by atoms with Crippen LogP contribution in [0.4, 0.5) is 9.59 Å². The number of amides is 5. The fourth-order valence-corrected chi connectivity index (χ4v) is 6.34. The third kappa shape index (κ3) is 14.4. The SMILES string of the molecule is CC(C)(C)OC(=O)NCCCCC(NC(=O)CNC(=O)C(Cc1ccc(OC(C)(C)C)cc1)NC(=O)OCC1c2ccccc2-c2ccccc21)C(=O)NCC(=O)O. The van der Waals surface area contributed by atoms with Gasteiger partial charge in [0, 0.05) is 18.9 Å². The lowest BCUT2D eigenvalue weighted by Crippen LogP contribution is -2.53. The number of carboxylic acid groups (broad SMARTS) is 1. The minimum Gasteiger partial charge on any atom is -0.488 e. The molecule has 0 saturated heterocycles. The molecule has 15 heteroatoms. The Bertz CT molecular complexity index is 1870. The fraction of sp³-hybridized carbons (Fsp3) is 0.442. The molecule has 0 fully saturated rings. The van der Waals surface area contributed by atoms with Crippen molar-refractivity contribution in [1.29, 1.82) is 0 Å². The van der Waals surface area contributed by atoms with Gasteiger partial charge in [0.05, 0.1) is 6.54 Å². The number of hydrogen-bond acceptors (Lipinski definition) is 9. The summed E-state index contributed by atoms with van der Waals surface area (Å²) in [6, 6.07) is 20.6. The number of fused-ring (bicyclic) bond motifs is 3. The summed E-state index contributed by atoms with van der Waals surface area (Å²) in [5.74, 6) is -2.97. The van der Waals surface area contributed by atoms with Gasteiger partial charge in [-0.15, -0.1) is 0 Å². The highest BCUT2D eigenvalue weighted by atomic mass is 16.6. The van der Waals surface area contributed by atoms with Crippen molar-refractivity contribution in [3.05, 3.63) is 89.5 Å². The molecule has 0 radical (unpaired) electrons. The third-order valence-corrected chi connectivity index (χ3v) is 8.82. The quantitative estimate of drug-likeness (QED) is 0.0967. The summed E-state index contributed by atoms with van der Waals surface area (Å²) >= 11 is 0. The number of rotatable bonds is 18. The van der Waals surface area contributed by atoms with Crippen molar-refractivity contribution in [2.24, 2.45) is 0 Å². The zero-order chi connectivity index (χ0) is 42.5. The Balaban J connectivity index is 1.39. The van der Waals surface area contributed by atoms with Gasteiger partial charge >= 0.3 is 18.2 Å². The zero-order valence-corrected chi connectivity index (χ0v) is 33.9. The minimum absolute atomic E-state index is 0.0256. The Kier molecular flexibility index (Phi) is 15.6. The molecule has 0 aliphatic heterocycles. The summed E-state index contributed by atoms with van der Waals surface area (Å²) in [6.07, 6.45) is -0.450. The molecular weight excluding hydrogens is 746 g/mol. The van der Waals surface area contributed by atoms with E-state index in [1.54, 1.807) is 45.0 Å². The Morgan fingerprint density at radius 2 is 1.26 bits per heavy atom. The number of nitrogens with one attached hydrogen (secondary N) is 5. The molecule has 5 amide bonds. The first-order valence-corrected chi connectivity index (χ1v) is 19.3. The standard InChI is InChI=1S/C43H55N5O10/c1-42(2,3)57-28-20-18-27(19-21-28)23-35(48-41(55)56-26-33-31-15-9-7-13-29(31)30-14-8-10-16-32(30)33)39(53)45-24-36(49)47-34(38(52)46-25-37(50)51)17-11-12-22-44-40(54)58-43(4,5)6/h7-10,13-16,18-21,33-35H,11-12,17,22-26H2,1-6H3,(H,44,54)(H,45,53)(H,46,52)(H,47,49)(H,48,55)(H,50,51). The number of carboxylic acids is 1. The second kappa shape index (κ2) is 20.3. The zero-order valence-electron chi connectivity index (χ0n) is 33.9. The molecule has 58 heavy (non-hydrogen) atoms. The smallest absolute Gasteiger partial charge is 0.407 e. The van der Waals surface area contributed by atoms with E-state index < -0.39 is 72.3 Å². The van der Waals surface area contributed by atoms with Crippen LogP contribution in [-0.2, 0) is 35.1 Å². The monoisotopic (exact) mass is 801 g/mol. The molecule has 0 bridgehead atoms. The fourth-order valence-electron chi connectivity index (χ4n) is 6.34. The summed E-state index contributed by atoms with van der Waals surface area (Å²) in [6.45, 7) is 10.0. The van der Waals surface area contributed by atoms with E-state index in [0.29, 0.717) is 24.2 Å². The van der Waals surface area contributed by atoms with Gasteiger partial charge in [0.1, 0.15) is 42.2 Å². The summed E-state index contributed by atoms with van der Waals surface area (Å²) in [4.78, 5) is 75.9. The first kappa shape index (κ1) is 44.6. The van der Waals surface area contributed by atoms with E-state index in [4.69, 9.17) is 19.3 Å². The van der Waals surface area contributed by atoms with Gasteiger partial charge in [0.25, 0.3) is 0 Å².